The first-order chi connectivity index (χ1) is 9.57. The van der Waals surface area contributed by atoms with Crippen molar-refractivity contribution in [2.75, 3.05) is 0 Å². The van der Waals surface area contributed by atoms with Crippen molar-refractivity contribution in [2.24, 2.45) is 16.5 Å². The van der Waals surface area contributed by atoms with Crippen LogP contribution in [0.3, 0.4) is 0 Å². The Labute approximate surface area is 127 Å². The van der Waals surface area contributed by atoms with Gasteiger partial charge < -0.3 is 0 Å². The number of aromatic nitrogens is 4. The van der Waals surface area contributed by atoms with E-state index < -0.39 is 6.04 Å². The van der Waals surface area contributed by atoms with E-state index in [9.17, 15) is 4.91 Å². The van der Waals surface area contributed by atoms with Crippen LogP contribution < -0.4 is 0 Å². The molecule has 0 amide bonds. The van der Waals surface area contributed by atoms with Gasteiger partial charge in [0.05, 0.1) is 5.54 Å². The molecule has 1 heterocycles. The van der Waals surface area contributed by atoms with Gasteiger partial charge >= 0.3 is 0 Å². The Morgan fingerprint density at radius 1 is 1.14 bits per heavy atom. The zero-order valence-corrected chi connectivity index (χ0v) is 14.4. The maximum Gasteiger partial charge on any atom is 0.180 e. The Bertz CT molecular complexity index is 459. The molecule has 0 saturated carbocycles. The van der Waals surface area contributed by atoms with Gasteiger partial charge in [0, 0.05) is 0 Å². The molecule has 120 valence electrons. The van der Waals surface area contributed by atoms with E-state index in [2.05, 4.69) is 69.2 Å². The normalized spacial score (nSPS) is 14.5. The van der Waals surface area contributed by atoms with Crippen molar-refractivity contribution in [1.82, 2.24) is 20.2 Å². The van der Waals surface area contributed by atoms with E-state index in [1.54, 1.807) is 4.68 Å². The molecule has 0 aliphatic heterocycles. The van der Waals surface area contributed by atoms with Gasteiger partial charge in [-0.05, 0) is 54.9 Å². The average molecular weight is 295 g/mol. The van der Waals surface area contributed by atoms with Crippen molar-refractivity contribution in [3.05, 3.63) is 10.7 Å². The van der Waals surface area contributed by atoms with E-state index in [4.69, 9.17) is 0 Å². The van der Waals surface area contributed by atoms with Crippen LogP contribution in [0, 0.1) is 16.2 Å². The largest absolute Gasteiger partial charge is 0.222 e. The number of nitroso groups, excluding NO2 is 1. The number of rotatable bonds is 7. The third-order valence-corrected chi connectivity index (χ3v) is 3.47. The van der Waals surface area contributed by atoms with Crippen molar-refractivity contribution in [3.63, 3.8) is 0 Å². The summed E-state index contributed by atoms with van der Waals surface area (Å²) in [5.41, 5.74) is -0.105. The van der Waals surface area contributed by atoms with E-state index >= 15 is 0 Å². The van der Waals surface area contributed by atoms with Crippen LogP contribution in [-0.2, 0) is 5.54 Å². The first-order valence-corrected chi connectivity index (χ1v) is 7.68. The molecule has 0 bridgehead atoms. The highest BCUT2D eigenvalue weighted by Crippen LogP contribution is 2.34. The average Bonchev–Trinajstić information content (AvgIpc) is 2.76. The lowest BCUT2D eigenvalue weighted by molar-refractivity contribution is 0.187. The first kappa shape index (κ1) is 17.7. The van der Waals surface area contributed by atoms with Crippen molar-refractivity contribution in [1.29, 1.82) is 0 Å². The molecule has 21 heavy (non-hydrogen) atoms. The molecule has 1 atom stereocenters. The summed E-state index contributed by atoms with van der Waals surface area (Å²) in [6, 6.07) is -0.471. The third-order valence-electron chi connectivity index (χ3n) is 3.47. The lowest BCUT2D eigenvalue weighted by Gasteiger charge is -2.33. The van der Waals surface area contributed by atoms with Crippen LogP contribution >= 0.6 is 0 Å². The van der Waals surface area contributed by atoms with Crippen molar-refractivity contribution < 1.29 is 0 Å². The lowest BCUT2D eigenvalue weighted by atomic mass is 9.81. The smallest absolute Gasteiger partial charge is 0.180 e. The molecular formula is C15H29N5O. The van der Waals surface area contributed by atoms with Crippen molar-refractivity contribution in [3.8, 4) is 0 Å². The summed E-state index contributed by atoms with van der Waals surface area (Å²) in [4.78, 5) is 11.2. The topological polar surface area (TPSA) is 73.0 Å². The van der Waals surface area contributed by atoms with Gasteiger partial charge in [0.2, 0.25) is 0 Å². The molecule has 0 aliphatic carbocycles. The Balaban J connectivity index is 3.01. The summed E-state index contributed by atoms with van der Waals surface area (Å²) in [6.45, 7) is 15.0. The standard InChI is InChI=1S/C15H29N5O/c1-11(2)8-9-12(17-21)13-16-18-19-20(13)15(6,7)10-14(3,4)5/h11-12H,8-10H2,1-7H3. The van der Waals surface area contributed by atoms with Crippen molar-refractivity contribution >= 4 is 0 Å². The quantitative estimate of drug-likeness (QED) is 0.710. The maximum absolute atomic E-state index is 11.2. The molecule has 6 nitrogen and oxygen atoms in total. The third kappa shape index (κ3) is 5.17. The van der Waals surface area contributed by atoms with Gasteiger partial charge in [0.25, 0.3) is 0 Å². The van der Waals surface area contributed by atoms with Gasteiger partial charge in [-0.1, -0.05) is 39.8 Å². The highest BCUT2D eigenvalue weighted by Gasteiger charge is 2.33. The van der Waals surface area contributed by atoms with E-state index in [1.807, 2.05) is 0 Å². The zero-order valence-electron chi connectivity index (χ0n) is 14.4. The van der Waals surface area contributed by atoms with E-state index in [-0.39, 0.29) is 11.0 Å². The van der Waals surface area contributed by atoms with Crippen LogP contribution in [0.2, 0.25) is 0 Å². The molecule has 1 aromatic heterocycles. The summed E-state index contributed by atoms with van der Waals surface area (Å²) in [7, 11) is 0. The highest BCUT2D eigenvalue weighted by atomic mass is 16.3. The molecule has 1 aromatic rings. The van der Waals surface area contributed by atoms with E-state index in [0.717, 1.165) is 12.8 Å². The summed E-state index contributed by atoms with van der Waals surface area (Å²) in [6.07, 6.45) is 2.53. The Hall–Kier alpha value is -1.33. The summed E-state index contributed by atoms with van der Waals surface area (Å²) in [5, 5.41) is 15.2. The van der Waals surface area contributed by atoms with Crippen LogP contribution in [0.25, 0.3) is 0 Å². The van der Waals surface area contributed by atoms with Gasteiger partial charge in [-0.15, -0.1) is 5.10 Å². The highest BCUT2D eigenvalue weighted by molar-refractivity contribution is 4.97. The molecule has 0 saturated heterocycles. The van der Waals surface area contributed by atoms with Crippen LogP contribution in [-0.4, -0.2) is 20.2 Å². The Kier molecular flexibility index (Phi) is 5.59. The monoisotopic (exact) mass is 295 g/mol. The van der Waals surface area contributed by atoms with Gasteiger partial charge in [-0.3, -0.25) is 0 Å². The fourth-order valence-corrected chi connectivity index (χ4v) is 2.93. The summed E-state index contributed by atoms with van der Waals surface area (Å²) >= 11 is 0. The molecule has 0 N–H and O–H groups in total. The van der Waals surface area contributed by atoms with Gasteiger partial charge in [-0.2, -0.15) is 4.91 Å². The van der Waals surface area contributed by atoms with Gasteiger partial charge in [0.1, 0.15) is 0 Å². The summed E-state index contributed by atoms with van der Waals surface area (Å²) in [5.74, 6) is 1.11. The van der Waals surface area contributed by atoms with Crippen LogP contribution in [0.5, 0.6) is 0 Å². The van der Waals surface area contributed by atoms with Crippen LogP contribution in [0.1, 0.15) is 79.6 Å². The molecule has 0 aromatic carbocycles. The fourth-order valence-electron chi connectivity index (χ4n) is 2.93. The molecule has 0 spiro atoms. The van der Waals surface area contributed by atoms with Crippen LogP contribution in [0.15, 0.2) is 5.18 Å². The van der Waals surface area contributed by atoms with E-state index in [1.165, 1.54) is 0 Å². The maximum atomic E-state index is 11.2. The van der Waals surface area contributed by atoms with Gasteiger partial charge in [0.15, 0.2) is 11.9 Å². The predicted molar refractivity (Wildman–Crippen MR) is 83.8 cm³/mol. The molecule has 0 fully saturated rings. The zero-order chi connectivity index (χ0) is 16.3. The second-order valence-electron chi connectivity index (χ2n) is 8.09. The fraction of sp³-hybridized carbons (Fsp3) is 0.933. The second-order valence-corrected chi connectivity index (χ2v) is 8.09. The van der Waals surface area contributed by atoms with Crippen LogP contribution in [0.4, 0.5) is 0 Å². The SMILES string of the molecule is CC(C)CCC(N=O)c1nnnn1C(C)(C)CC(C)(C)C. The molecule has 6 heteroatoms. The van der Waals surface area contributed by atoms with Gasteiger partial charge in [-0.25, -0.2) is 4.68 Å². The van der Waals surface area contributed by atoms with E-state index in [0.29, 0.717) is 18.2 Å². The number of tetrazole rings is 1. The molecule has 0 aliphatic rings. The molecule has 0 radical (unpaired) electrons. The predicted octanol–water partition coefficient (Wildman–Crippen LogP) is 4.09. The second kappa shape index (κ2) is 6.62. The minimum absolute atomic E-state index is 0.148. The first-order valence-electron chi connectivity index (χ1n) is 7.68. The lowest BCUT2D eigenvalue weighted by Crippen LogP contribution is -2.34. The molecular weight excluding hydrogens is 266 g/mol. The number of hydrogen-bond acceptors (Lipinski definition) is 5. The minimum atomic E-state index is -0.471. The number of nitrogens with zero attached hydrogens (tertiary/aromatic N) is 5. The Morgan fingerprint density at radius 2 is 1.76 bits per heavy atom. The van der Waals surface area contributed by atoms with Crippen molar-refractivity contribution in [2.45, 2.75) is 79.3 Å². The number of hydrogen-bond donors (Lipinski definition) is 0. The minimum Gasteiger partial charge on any atom is -0.222 e. The summed E-state index contributed by atoms with van der Waals surface area (Å²) < 4.78 is 1.78. The Morgan fingerprint density at radius 3 is 2.24 bits per heavy atom. The molecule has 1 rings (SSSR count). The molecule has 1 unspecified atom stereocenters.